The maximum absolute atomic E-state index is 12.6. The Hall–Kier alpha value is -2.35. The van der Waals surface area contributed by atoms with E-state index in [-0.39, 0.29) is 18.4 Å². The van der Waals surface area contributed by atoms with E-state index in [0.717, 1.165) is 12.0 Å². The zero-order valence-electron chi connectivity index (χ0n) is 15.7. The van der Waals surface area contributed by atoms with Crippen LogP contribution in [0.5, 0.6) is 0 Å². The van der Waals surface area contributed by atoms with Gasteiger partial charge in [0.1, 0.15) is 5.54 Å². The van der Waals surface area contributed by atoms with Gasteiger partial charge in [0.2, 0.25) is 0 Å². The van der Waals surface area contributed by atoms with E-state index in [4.69, 9.17) is 4.74 Å². The van der Waals surface area contributed by atoms with Crippen molar-refractivity contribution in [3.8, 4) is 6.07 Å². The van der Waals surface area contributed by atoms with Crippen LogP contribution in [0.2, 0.25) is 0 Å². The molecule has 0 spiro atoms. The molecule has 0 aliphatic carbocycles. The lowest BCUT2D eigenvalue weighted by molar-refractivity contribution is -0.151. The number of esters is 1. The van der Waals surface area contributed by atoms with Gasteiger partial charge in [-0.2, -0.15) is 5.26 Å². The summed E-state index contributed by atoms with van der Waals surface area (Å²) in [7, 11) is 0. The van der Waals surface area contributed by atoms with Crippen molar-refractivity contribution in [2.75, 3.05) is 6.61 Å². The van der Waals surface area contributed by atoms with Gasteiger partial charge in [-0.1, -0.05) is 64.4 Å². The van der Waals surface area contributed by atoms with Crippen molar-refractivity contribution in [3.63, 3.8) is 0 Å². The Morgan fingerprint density at radius 1 is 1.24 bits per heavy atom. The first-order valence-corrected chi connectivity index (χ1v) is 8.69. The quantitative estimate of drug-likeness (QED) is 0.733. The van der Waals surface area contributed by atoms with E-state index in [0.29, 0.717) is 0 Å². The first-order chi connectivity index (χ1) is 11.7. The molecule has 5 heteroatoms. The van der Waals surface area contributed by atoms with Crippen LogP contribution in [0, 0.1) is 23.2 Å². The highest BCUT2D eigenvalue weighted by Crippen LogP contribution is 2.28. The molecule has 1 N–H and O–H groups in total. The topological polar surface area (TPSA) is 79.2 Å². The summed E-state index contributed by atoms with van der Waals surface area (Å²) in [6, 6.07) is 11.5. The van der Waals surface area contributed by atoms with Gasteiger partial charge in [-0.05, 0) is 24.3 Å². The average molecular weight is 344 g/mol. The van der Waals surface area contributed by atoms with Gasteiger partial charge in [-0.15, -0.1) is 0 Å². The second-order valence-electron chi connectivity index (χ2n) is 6.90. The number of hydrogen-bond acceptors (Lipinski definition) is 4. The fourth-order valence-electron chi connectivity index (χ4n) is 2.45. The van der Waals surface area contributed by atoms with Gasteiger partial charge in [0.05, 0.1) is 12.0 Å². The Labute approximate surface area is 150 Å². The molecule has 0 saturated heterocycles. The summed E-state index contributed by atoms with van der Waals surface area (Å²) in [5, 5.41) is 11.9. The van der Waals surface area contributed by atoms with E-state index in [2.05, 4.69) is 11.4 Å². The monoisotopic (exact) mass is 344 g/mol. The molecule has 5 nitrogen and oxygen atoms in total. The van der Waals surface area contributed by atoms with Crippen molar-refractivity contribution in [1.29, 1.82) is 5.26 Å². The predicted octanol–water partition coefficient (Wildman–Crippen LogP) is 3.41. The van der Waals surface area contributed by atoms with E-state index >= 15 is 0 Å². The molecule has 0 aliphatic rings. The highest BCUT2D eigenvalue weighted by atomic mass is 16.5. The maximum atomic E-state index is 12.6. The van der Waals surface area contributed by atoms with Crippen LogP contribution in [-0.4, -0.2) is 24.0 Å². The average Bonchev–Trinajstić information content (AvgIpc) is 2.60. The number of nitriles is 1. The molecule has 0 unspecified atom stereocenters. The normalized spacial score (nSPS) is 15.6. The first kappa shape index (κ1) is 20.7. The lowest BCUT2D eigenvalue weighted by atomic mass is 9.86. The Morgan fingerprint density at radius 3 is 2.32 bits per heavy atom. The van der Waals surface area contributed by atoms with Crippen molar-refractivity contribution in [2.24, 2.45) is 11.8 Å². The third-order valence-electron chi connectivity index (χ3n) is 4.76. The Kier molecular flexibility index (Phi) is 7.63. The van der Waals surface area contributed by atoms with E-state index in [1.807, 2.05) is 58.0 Å². The Bertz CT molecular complexity index is 622. The molecule has 136 valence electrons. The largest absolute Gasteiger partial charge is 0.455 e. The van der Waals surface area contributed by atoms with Crippen LogP contribution < -0.4 is 5.32 Å². The summed E-state index contributed by atoms with van der Waals surface area (Å²) in [5.74, 6) is -1.26. The molecule has 0 fully saturated rings. The number of benzene rings is 1. The molecular formula is C20H28N2O3. The first-order valence-electron chi connectivity index (χ1n) is 8.69. The van der Waals surface area contributed by atoms with Crippen molar-refractivity contribution in [1.82, 2.24) is 5.32 Å². The molecule has 0 saturated carbocycles. The fraction of sp³-hybridized carbons (Fsp3) is 0.550. The van der Waals surface area contributed by atoms with Crippen LogP contribution in [0.25, 0.3) is 0 Å². The van der Waals surface area contributed by atoms with E-state index in [1.54, 1.807) is 6.92 Å². The molecule has 0 aromatic heterocycles. The van der Waals surface area contributed by atoms with Crippen LogP contribution in [0.15, 0.2) is 30.3 Å². The van der Waals surface area contributed by atoms with Gasteiger partial charge >= 0.3 is 5.97 Å². The molecule has 0 radical (unpaired) electrons. The second kappa shape index (κ2) is 9.22. The molecule has 0 heterocycles. The van der Waals surface area contributed by atoms with E-state index in [9.17, 15) is 14.9 Å². The molecule has 1 rings (SSSR count). The molecule has 1 aromatic rings. The molecule has 0 aliphatic heterocycles. The number of carbonyl (C=O) groups excluding carboxylic acids is 2. The number of rotatable bonds is 8. The number of carbonyl (C=O) groups is 2. The maximum Gasteiger partial charge on any atom is 0.314 e. The third-order valence-corrected chi connectivity index (χ3v) is 4.76. The van der Waals surface area contributed by atoms with E-state index in [1.165, 1.54) is 0 Å². The van der Waals surface area contributed by atoms with Crippen LogP contribution in [0.3, 0.4) is 0 Å². The van der Waals surface area contributed by atoms with Crippen molar-refractivity contribution in [2.45, 2.75) is 52.5 Å². The van der Waals surface area contributed by atoms with Crippen LogP contribution in [0.4, 0.5) is 0 Å². The van der Waals surface area contributed by atoms with Gasteiger partial charge in [0.15, 0.2) is 6.61 Å². The Balaban J connectivity index is 2.76. The van der Waals surface area contributed by atoms with Gasteiger partial charge < -0.3 is 10.1 Å². The molecule has 1 amide bonds. The summed E-state index contributed by atoms with van der Waals surface area (Å²) in [6.07, 6.45) is 0.820. The van der Waals surface area contributed by atoms with E-state index < -0.39 is 23.3 Å². The number of amides is 1. The van der Waals surface area contributed by atoms with Crippen molar-refractivity contribution < 1.29 is 14.3 Å². The molecule has 1 aromatic carbocycles. The SMILES string of the molecule is CC[C@@H](C)[C@@H](C(=O)OCC(=O)N[C@@](C)(C#N)C(C)C)c1ccccc1. The summed E-state index contributed by atoms with van der Waals surface area (Å²) in [5.41, 5.74) is -0.106. The summed E-state index contributed by atoms with van der Waals surface area (Å²) in [6.45, 7) is 8.98. The number of hydrogen-bond donors (Lipinski definition) is 1. The summed E-state index contributed by atoms with van der Waals surface area (Å²) < 4.78 is 5.25. The van der Waals surface area contributed by atoms with Crippen LogP contribution >= 0.6 is 0 Å². The highest BCUT2D eigenvalue weighted by Gasteiger charge is 2.31. The highest BCUT2D eigenvalue weighted by molar-refractivity contribution is 5.84. The minimum atomic E-state index is -0.987. The zero-order chi connectivity index (χ0) is 19.0. The Morgan fingerprint density at radius 2 is 1.84 bits per heavy atom. The zero-order valence-corrected chi connectivity index (χ0v) is 15.7. The second-order valence-corrected chi connectivity index (χ2v) is 6.90. The van der Waals surface area contributed by atoms with Crippen LogP contribution in [-0.2, 0) is 14.3 Å². The number of ether oxygens (including phenoxy) is 1. The minimum Gasteiger partial charge on any atom is -0.455 e. The fourth-order valence-corrected chi connectivity index (χ4v) is 2.45. The van der Waals surface area contributed by atoms with Crippen molar-refractivity contribution in [3.05, 3.63) is 35.9 Å². The molecule has 25 heavy (non-hydrogen) atoms. The van der Waals surface area contributed by atoms with Gasteiger partial charge in [-0.3, -0.25) is 9.59 Å². The number of nitrogens with zero attached hydrogens (tertiary/aromatic N) is 1. The van der Waals surface area contributed by atoms with Crippen molar-refractivity contribution >= 4 is 11.9 Å². The predicted molar refractivity (Wildman–Crippen MR) is 96.6 cm³/mol. The molecule has 0 bridgehead atoms. The summed E-state index contributed by atoms with van der Waals surface area (Å²) in [4.78, 5) is 24.6. The molecular weight excluding hydrogens is 316 g/mol. The minimum absolute atomic E-state index is 0.0608. The van der Waals surface area contributed by atoms with Gasteiger partial charge in [0.25, 0.3) is 5.91 Å². The lowest BCUT2D eigenvalue weighted by Crippen LogP contribution is -2.50. The summed E-state index contributed by atoms with van der Waals surface area (Å²) >= 11 is 0. The van der Waals surface area contributed by atoms with Crippen LogP contribution in [0.1, 0.15) is 52.5 Å². The lowest BCUT2D eigenvalue weighted by Gasteiger charge is -2.27. The third kappa shape index (κ3) is 5.60. The standard InChI is InChI=1S/C20H28N2O3/c1-6-15(4)18(16-10-8-7-9-11-16)19(24)25-12-17(23)22-20(5,13-21)14(2)3/h7-11,14-15,18H,6,12H2,1-5H3,(H,22,23)/t15-,18-,20+/m1/s1. The number of nitrogens with one attached hydrogen (secondary N) is 1. The van der Waals surface area contributed by atoms with Gasteiger partial charge in [0, 0.05) is 0 Å². The smallest absolute Gasteiger partial charge is 0.314 e. The molecule has 3 atom stereocenters. The van der Waals surface area contributed by atoms with Gasteiger partial charge in [-0.25, -0.2) is 0 Å².